The van der Waals surface area contributed by atoms with Gasteiger partial charge in [0.2, 0.25) is 5.91 Å². The number of carbonyl (C=O) groups excluding carboxylic acids is 1. The van der Waals surface area contributed by atoms with E-state index in [1.54, 1.807) is 0 Å². The first kappa shape index (κ1) is 18.4. The Morgan fingerprint density at radius 1 is 1.00 bits per heavy atom. The maximum absolute atomic E-state index is 12.6. The predicted molar refractivity (Wildman–Crippen MR) is 112 cm³/mol. The number of anilines is 1. The summed E-state index contributed by atoms with van der Waals surface area (Å²) in [6, 6.07) is 16.2. The minimum absolute atomic E-state index is 0.0652. The van der Waals surface area contributed by atoms with Crippen LogP contribution in [0.2, 0.25) is 0 Å². The van der Waals surface area contributed by atoms with Crippen molar-refractivity contribution in [3.63, 3.8) is 0 Å². The molecule has 1 amide bonds. The van der Waals surface area contributed by atoms with Gasteiger partial charge in [0.1, 0.15) is 0 Å². The minimum Gasteiger partial charge on any atom is -0.355 e. The summed E-state index contributed by atoms with van der Waals surface area (Å²) < 4.78 is 0. The van der Waals surface area contributed by atoms with Crippen LogP contribution in [0.1, 0.15) is 29.7 Å². The third kappa shape index (κ3) is 3.98. The lowest BCUT2D eigenvalue weighted by atomic mass is 9.95. The van der Waals surface area contributed by atoms with Crippen molar-refractivity contribution in [1.82, 2.24) is 15.3 Å². The highest BCUT2D eigenvalue weighted by Crippen LogP contribution is 2.25. The first-order chi connectivity index (χ1) is 13.6. The summed E-state index contributed by atoms with van der Waals surface area (Å²) in [5.41, 5.74) is 5.16. The molecule has 28 heavy (non-hydrogen) atoms. The Hall–Kier alpha value is -2.95. The molecule has 3 aromatic rings. The Morgan fingerprint density at radius 2 is 1.64 bits per heavy atom. The molecule has 0 unspecified atom stereocenters. The summed E-state index contributed by atoms with van der Waals surface area (Å²) in [4.78, 5) is 24.3. The number of amides is 1. The van der Waals surface area contributed by atoms with Gasteiger partial charge in [-0.15, -0.1) is 0 Å². The van der Waals surface area contributed by atoms with Crippen molar-refractivity contribution in [2.24, 2.45) is 5.92 Å². The van der Waals surface area contributed by atoms with Crippen molar-refractivity contribution in [3.05, 3.63) is 65.4 Å². The molecule has 5 heteroatoms. The maximum atomic E-state index is 12.6. The monoisotopic (exact) mass is 374 g/mol. The van der Waals surface area contributed by atoms with Gasteiger partial charge in [0.25, 0.3) is 0 Å². The van der Waals surface area contributed by atoms with Crippen LogP contribution in [0.25, 0.3) is 11.0 Å². The zero-order chi connectivity index (χ0) is 19.5. The third-order valence-electron chi connectivity index (χ3n) is 5.47. The lowest BCUT2D eigenvalue weighted by Crippen LogP contribution is -2.41. The van der Waals surface area contributed by atoms with Gasteiger partial charge in [-0.3, -0.25) is 4.79 Å². The second-order valence-corrected chi connectivity index (χ2v) is 7.59. The number of hydrogen-bond donors (Lipinski definition) is 1. The first-order valence-corrected chi connectivity index (χ1v) is 9.92. The van der Waals surface area contributed by atoms with E-state index in [1.807, 2.05) is 31.2 Å². The molecule has 0 atom stereocenters. The summed E-state index contributed by atoms with van der Waals surface area (Å²) in [5.74, 6) is 1.16. The number of hydrogen-bond acceptors (Lipinski definition) is 4. The molecule has 1 aromatic heterocycles. The van der Waals surface area contributed by atoms with Gasteiger partial charge in [-0.1, -0.05) is 42.0 Å². The molecule has 1 N–H and O–H groups in total. The molecule has 1 aliphatic rings. The van der Waals surface area contributed by atoms with Gasteiger partial charge in [-0.05, 0) is 44.4 Å². The van der Waals surface area contributed by atoms with Crippen LogP contribution in [-0.4, -0.2) is 29.0 Å². The van der Waals surface area contributed by atoms with Crippen molar-refractivity contribution < 1.29 is 4.79 Å². The number of aryl methyl sites for hydroxylation is 2. The Kier molecular flexibility index (Phi) is 5.24. The van der Waals surface area contributed by atoms with E-state index in [1.165, 1.54) is 5.56 Å². The van der Waals surface area contributed by atoms with Crippen LogP contribution < -0.4 is 10.2 Å². The van der Waals surface area contributed by atoms with Crippen LogP contribution in [0.15, 0.2) is 48.5 Å². The number of piperidine rings is 1. The Morgan fingerprint density at radius 3 is 2.32 bits per heavy atom. The average molecular weight is 374 g/mol. The summed E-state index contributed by atoms with van der Waals surface area (Å²) in [5, 5.41) is 3.09. The third-order valence-corrected chi connectivity index (χ3v) is 5.47. The van der Waals surface area contributed by atoms with E-state index in [9.17, 15) is 4.79 Å². The van der Waals surface area contributed by atoms with E-state index in [0.717, 1.165) is 54.0 Å². The molecule has 4 rings (SSSR count). The molecule has 1 aliphatic heterocycles. The second-order valence-electron chi connectivity index (χ2n) is 7.59. The summed E-state index contributed by atoms with van der Waals surface area (Å²) in [6.07, 6.45) is 1.68. The van der Waals surface area contributed by atoms with E-state index >= 15 is 0 Å². The lowest BCUT2D eigenvalue weighted by molar-refractivity contribution is -0.125. The Balaban J connectivity index is 1.36. The van der Waals surface area contributed by atoms with Crippen molar-refractivity contribution in [3.8, 4) is 0 Å². The molecule has 0 bridgehead atoms. The van der Waals surface area contributed by atoms with Crippen molar-refractivity contribution in [1.29, 1.82) is 0 Å². The highest BCUT2D eigenvalue weighted by Gasteiger charge is 2.26. The van der Waals surface area contributed by atoms with Crippen LogP contribution in [0.4, 0.5) is 5.82 Å². The maximum Gasteiger partial charge on any atom is 0.223 e. The second kappa shape index (κ2) is 7.97. The quantitative estimate of drug-likeness (QED) is 0.755. The van der Waals surface area contributed by atoms with E-state index in [-0.39, 0.29) is 11.8 Å². The Bertz CT molecular complexity index is 976. The van der Waals surface area contributed by atoms with Crippen molar-refractivity contribution in [2.45, 2.75) is 33.2 Å². The molecular formula is C23H26N4O. The summed E-state index contributed by atoms with van der Waals surface area (Å²) in [6.45, 7) is 6.33. The van der Waals surface area contributed by atoms with Crippen LogP contribution in [0.5, 0.6) is 0 Å². The van der Waals surface area contributed by atoms with Crippen molar-refractivity contribution >= 4 is 22.8 Å². The zero-order valence-electron chi connectivity index (χ0n) is 16.5. The SMILES string of the molecule is Cc1ccc(CNC(=O)C2CCN(c3nc4ccccc4nc3C)CC2)cc1. The molecule has 0 aliphatic carbocycles. The first-order valence-electron chi connectivity index (χ1n) is 9.92. The number of nitrogens with one attached hydrogen (secondary N) is 1. The molecular weight excluding hydrogens is 348 g/mol. The van der Waals surface area contributed by atoms with Crippen LogP contribution in [0.3, 0.4) is 0 Å². The lowest BCUT2D eigenvalue weighted by Gasteiger charge is -2.32. The number of nitrogens with zero attached hydrogens (tertiary/aromatic N) is 3. The molecule has 1 fully saturated rings. The van der Waals surface area contributed by atoms with E-state index < -0.39 is 0 Å². The van der Waals surface area contributed by atoms with Gasteiger partial charge in [0.05, 0.1) is 16.7 Å². The predicted octanol–water partition coefficient (Wildman–Crippen LogP) is 3.78. The molecule has 2 heterocycles. The summed E-state index contributed by atoms with van der Waals surface area (Å²) in [7, 11) is 0. The highest BCUT2D eigenvalue weighted by molar-refractivity contribution is 5.79. The highest BCUT2D eigenvalue weighted by atomic mass is 16.1. The van der Waals surface area contributed by atoms with Crippen molar-refractivity contribution in [2.75, 3.05) is 18.0 Å². The van der Waals surface area contributed by atoms with E-state index in [4.69, 9.17) is 9.97 Å². The van der Waals surface area contributed by atoms with Gasteiger partial charge in [-0.25, -0.2) is 9.97 Å². The van der Waals surface area contributed by atoms with Gasteiger partial charge in [0.15, 0.2) is 5.82 Å². The van der Waals surface area contributed by atoms with Crippen LogP contribution >= 0.6 is 0 Å². The normalized spacial score (nSPS) is 15.0. The minimum atomic E-state index is 0.0652. The fourth-order valence-corrected chi connectivity index (χ4v) is 3.77. The molecule has 0 saturated carbocycles. The molecule has 0 spiro atoms. The number of benzene rings is 2. The van der Waals surface area contributed by atoms with Gasteiger partial charge in [0, 0.05) is 25.6 Å². The molecule has 2 aromatic carbocycles. The topological polar surface area (TPSA) is 58.1 Å². The fourth-order valence-electron chi connectivity index (χ4n) is 3.77. The number of para-hydroxylation sites is 2. The number of rotatable bonds is 4. The Labute approximate surface area is 165 Å². The van der Waals surface area contributed by atoms with Gasteiger partial charge in [-0.2, -0.15) is 0 Å². The standard InChI is InChI=1S/C23H26N4O/c1-16-7-9-18(10-8-16)15-24-23(28)19-11-13-27(14-12-19)22-17(2)25-20-5-3-4-6-21(20)26-22/h3-10,19H,11-15H2,1-2H3,(H,24,28). The average Bonchev–Trinajstić information content (AvgIpc) is 2.73. The zero-order valence-corrected chi connectivity index (χ0v) is 16.5. The largest absolute Gasteiger partial charge is 0.355 e. The van der Waals surface area contributed by atoms with Crippen LogP contribution in [0, 0.1) is 19.8 Å². The molecule has 0 radical (unpaired) electrons. The van der Waals surface area contributed by atoms with Gasteiger partial charge >= 0.3 is 0 Å². The number of aromatic nitrogens is 2. The molecule has 1 saturated heterocycles. The van der Waals surface area contributed by atoms with Gasteiger partial charge < -0.3 is 10.2 Å². The molecule has 5 nitrogen and oxygen atoms in total. The fraction of sp³-hybridized carbons (Fsp3) is 0.348. The summed E-state index contributed by atoms with van der Waals surface area (Å²) >= 11 is 0. The smallest absolute Gasteiger partial charge is 0.223 e. The van der Waals surface area contributed by atoms with Crippen LogP contribution in [-0.2, 0) is 11.3 Å². The van der Waals surface area contributed by atoms with E-state index in [0.29, 0.717) is 6.54 Å². The number of fused-ring (bicyclic) bond motifs is 1. The van der Waals surface area contributed by atoms with E-state index in [2.05, 4.69) is 41.4 Å². The molecule has 144 valence electrons. The number of carbonyl (C=O) groups is 1.